The van der Waals surface area contributed by atoms with Gasteiger partial charge in [0.15, 0.2) is 0 Å². The highest BCUT2D eigenvalue weighted by Crippen LogP contribution is 2.15. The third kappa shape index (κ3) is 3.94. The number of rotatable bonds is 6. The Labute approximate surface area is 111 Å². The molecular weight excluding hydrogens is 275 g/mol. The fraction of sp³-hybridized carbons (Fsp3) is 0.455. The molecule has 1 aromatic rings. The summed E-state index contributed by atoms with van der Waals surface area (Å²) in [5.41, 5.74) is 5.54. The van der Waals surface area contributed by atoms with E-state index in [2.05, 4.69) is 4.72 Å². The van der Waals surface area contributed by atoms with Crippen LogP contribution in [-0.2, 0) is 16.6 Å². The van der Waals surface area contributed by atoms with Crippen LogP contribution in [0.15, 0.2) is 23.1 Å². The molecule has 4 nitrogen and oxygen atoms in total. The van der Waals surface area contributed by atoms with Crippen molar-refractivity contribution in [2.24, 2.45) is 5.73 Å². The lowest BCUT2D eigenvalue weighted by atomic mass is 10.2. The summed E-state index contributed by atoms with van der Waals surface area (Å²) < 4.78 is 39.8. The van der Waals surface area contributed by atoms with Crippen molar-refractivity contribution in [2.75, 3.05) is 12.0 Å². The van der Waals surface area contributed by atoms with Crippen LogP contribution in [0.4, 0.5) is 4.39 Å². The van der Waals surface area contributed by atoms with Gasteiger partial charge in [0.25, 0.3) is 0 Å². The molecule has 0 heterocycles. The fourth-order valence-electron chi connectivity index (χ4n) is 1.49. The zero-order chi connectivity index (χ0) is 13.8. The standard InChI is InChI=1S/C11H17FN2O2S2/c1-8(7-17-2)14-18(15,16)10-3-4-11(12)9(5-10)6-13/h3-5,8,14H,6-7,13H2,1-2H3. The first kappa shape index (κ1) is 15.4. The molecule has 0 fully saturated rings. The summed E-state index contributed by atoms with van der Waals surface area (Å²) in [6.45, 7) is 1.75. The lowest BCUT2D eigenvalue weighted by Crippen LogP contribution is -2.34. The Bertz CT molecular complexity index is 506. The lowest BCUT2D eigenvalue weighted by Gasteiger charge is -2.13. The third-order valence-corrected chi connectivity index (χ3v) is 4.74. The molecule has 3 N–H and O–H groups in total. The topological polar surface area (TPSA) is 72.2 Å². The summed E-state index contributed by atoms with van der Waals surface area (Å²) in [5, 5.41) is 0. The molecule has 0 aromatic heterocycles. The second-order valence-electron chi connectivity index (χ2n) is 3.94. The van der Waals surface area contributed by atoms with Crippen molar-refractivity contribution in [2.45, 2.75) is 24.4 Å². The van der Waals surface area contributed by atoms with E-state index in [-0.39, 0.29) is 23.0 Å². The van der Waals surface area contributed by atoms with Crippen molar-refractivity contribution in [3.63, 3.8) is 0 Å². The second kappa shape index (κ2) is 6.51. The van der Waals surface area contributed by atoms with E-state index in [0.29, 0.717) is 5.75 Å². The summed E-state index contributed by atoms with van der Waals surface area (Å²) in [6, 6.07) is 3.44. The molecule has 0 saturated carbocycles. The molecule has 1 atom stereocenters. The van der Waals surface area contributed by atoms with Crippen molar-refractivity contribution in [1.82, 2.24) is 4.72 Å². The van der Waals surface area contributed by atoms with E-state index in [9.17, 15) is 12.8 Å². The summed E-state index contributed by atoms with van der Waals surface area (Å²) in [6.07, 6.45) is 1.90. The van der Waals surface area contributed by atoms with Crippen LogP contribution >= 0.6 is 11.8 Å². The normalized spacial score (nSPS) is 13.6. The van der Waals surface area contributed by atoms with Gasteiger partial charge < -0.3 is 5.73 Å². The van der Waals surface area contributed by atoms with Crippen molar-refractivity contribution in [1.29, 1.82) is 0 Å². The molecule has 0 saturated heterocycles. The van der Waals surface area contributed by atoms with Crippen LogP contribution in [0.2, 0.25) is 0 Å². The van der Waals surface area contributed by atoms with Gasteiger partial charge in [-0.2, -0.15) is 11.8 Å². The lowest BCUT2D eigenvalue weighted by molar-refractivity contribution is 0.569. The summed E-state index contributed by atoms with van der Waals surface area (Å²) in [7, 11) is -3.62. The number of benzene rings is 1. The van der Waals surface area contributed by atoms with Crippen LogP contribution in [-0.4, -0.2) is 26.5 Å². The van der Waals surface area contributed by atoms with Crippen LogP contribution < -0.4 is 10.5 Å². The number of hydrogen-bond acceptors (Lipinski definition) is 4. The van der Waals surface area contributed by atoms with Crippen molar-refractivity contribution >= 4 is 21.8 Å². The number of hydrogen-bond donors (Lipinski definition) is 2. The zero-order valence-corrected chi connectivity index (χ0v) is 11.9. The number of nitrogens with two attached hydrogens (primary N) is 1. The quantitative estimate of drug-likeness (QED) is 0.829. The smallest absolute Gasteiger partial charge is 0.240 e. The maximum absolute atomic E-state index is 13.2. The molecule has 0 bridgehead atoms. The molecule has 0 spiro atoms. The molecule has 0 aliphatic rings. The highest BCUT2D eigenvalue weighted by atomic mass is 32.2. The van der Waals surface area contributed by atoms with Gasteiger partial charge in [0.05, 0.1) is 4.90 Å². The van der Waals surface area contributed by atoms with E-state index < -0.39 is 15.8 Å². The van der Waals surface area contributed by atoms with Gasteiger partial charge in [0.1, 0.15) is 5.82 Å². The molecule has 1 unspecified atom stereocenters. The predicted molar refractivity (Wildman–Crippen MR) is 72.5 cm³/mol. The molecule has 18 heavy (non-hydrogen) atoms. The fourth-order valence-corrected chi connectivity index (χ4v) is 3.47. The van der Waals surface area contributed by atoms with Crippen molar-refractivity contribution in [3.05, 3.63) is 29.6 Å². The largest absolute Gasteiger partial charge is 0.326 e. The Morgan fingerprint density at radius 2 is 2.17 bits per heavy atom. The Morgan fingerprint density at radius 1 is 1.50 bits per heavy atom. The minimum absolute atomic E-state index is 0.0322. The van der Waals surface area contributed by atoms with Gasteiger partial charge >= 0.3 is 0 Å². The van der Waals surface area contributed by atoms with Gasteiger partial charge in [0.2, 0.25) is 10.0 Å². The van der Waals surface area contributed by atoms with Gasteiger partial charge in [-0.05, 0) is 31.4 Å². The monoisotopic (exact) mass is 292 g/mol. The van der Waals surface area contributed by atoms with E-state index in [0.717, 1.165) is 6.07 Å². The van der Waals surface area contributed by atoms with Crippen LogP contribution in [0, 0.1) is 5.82 Å². The maximum atomic E-state index is 13.2. The predicted octanol–water partition coefficient (Wildman–Crippen LogP) is 1.31. The van der Waals surface area contributed by atoms with Crippen LogP contribution in [0.1, 0.15) is 12.5 Å². The van der Waals surface area contributed by atoms with Crippen LogP contribution in [0.5, 0.6) is 0 Å². The average Bonchev–Trinajstić information content (AvgIpc) is 2.28. The summed E-state index contributed by atoms with van der Waals surface area (Å²) >= 11 is 1.55. The molecule has 1 rings (SSSR count). The highest BCUT2D eigenvalue weighted by Gasteiger charge is 2.18. The third-order valence-electron chi connectivity index (χ3n) is 2.32. The van der Waals surface area contributed by atoms with E-state index in [1.54, 1.807) is 18.7 Å². The summed E-state index contributed by atoms with van der Waals surface area (Å²) in [4.78, 5) is 0.0392. The highest BCUT2D eigenvalue weighted by molar-refractivity contribution is 7.98. The Kier molecular flexibility index (Phi) is 5.58. The SMILES string of the molecule is CSCC(C)NS(=O)(=O)c1ccc(F)c(CN)c1. The van der Waals surface area contributed by atoms with E-state index in [1.807, 2.05) is 6.26 Å². The van der Waals surface area contributed by atoms with Crippen molar-refractivity contribution < 1.29 is 12.8 Å². The number of sulfonamides is 1. The number of thioether (sulfide) groups is 1. The zero-order valence-electron chi connectivity index (χ0n) is 10.3. The number of halogens is 1. The van der Waals surface area contributed by atoms with Crippen LogP contribution in [0.25, 0.3) is 0 Å². The van der Waals surface area contributed by atoms with Gasteiger partial charge in [0, 0.05) is 23.9 Å². The Morgan fingerprint density at radius 3 is 2.72 bits per heavy atom. The van der Waals surface area contributed by atoms with Crippen LogP contribution in [0.3, 0.4) is 0 Å². The first-order chi connectivity index (χ1) is 8.40. The molecule has 7 heteroatoms. The average molecular weight is 292 g/mol. The first-order valence-electron chi connectivity index (χ1n) is 5.40. The molecule has 1 aromatic carbocycles. The summed E-state index contributed by atoms with van der Waals surface area (Å²) in [5.74, 6) is 0.179. The molecular formula is C11H17FN2O2S2. The van der Waals surface area contributed by atoms with Crippen molar-refractivity contribution in [3.8, 4) is 0 Å². The molecule has 0 amide bonds. The first-order valence-corrected chi connectivity index (χ1v) is 8.28. The van der Waals surface area contributed by atoms with Gasteiger partial charge in [-0.3, -0.25) is 0 Å². The molecule has 0 aliphatic heterocycles. The van der Waals surface area contributed by atoms with Gasteiger partial charge in [-0.15, -0.1) is 0 Å². The molecule has 0 radical (unpaired) electrons. The van der Waals surface area contributed by atoms with E-state index in [1.165, 1.54) is 12.1 Å². The minimum Gasteiger partial charge on any atom is -0.326 e. The van der Waals surface area contributed by atoms with Gasteiger partial charge in [-0.1, -0.05) is 0 Å². The van der Waals surface area contributed by atoms with Gasteiger partial charge in [-0.25, -0.2) is 17.5 Å². The Hall–Kier alpha value is -0.630. The second-order valence-corrected chi connectivity index (χ2v) is 6.56. The Balaban J connectivity index is 2.98. The minimum atomic E-state index is -3.62. The molecule has 0 aliphatic carbocycles. The van der Waals surface area contributed by atoms with E-state index in [4.69, 9.17) is 5.73 Å². The molecule has 102 valence electrons. The maximum Gasteiger partial charge on any atom is 0.240 e. The van der Waals surface area contributed by atoms with E-state index >= 15 is 0 Å². The number of nitrogens with one attached hydrogen (secondary N) is 1.